The quantitative estimate of drug-likeness (QED) is 0.778. The normalized spacial score (nSPS) is 16.2. The number of ether oxygens (including phenoxy) is 1. The zero-order valence-electron chi connectivity index (χ0n) is 12.6. The minimum atomic E-state index is -3.70. The number of hydrogen-bond acceptors (Lipinski definition) is 7. The number of sulfonamides is 1. The summed E-state index contributed by atoms with van der Waals surface area (Å²) in [7, 11) is -7.22. The van der Waals surface area contributed by atoms with E-state index in [9.17, 15) is 21.6 Å². The van der Waals surface area contributed by atoms with Gasteiger partial charge in [-0.05, 0) is 25.1 Å². The molecular weight excluding hydrogens is 344 g/mol. The predicted molar refractivity (Wildman–Crippen MR) is 85.3 cm³/mol. The van der Waals surface area contributed by atoms with Gasteiger partial charge in [0.2, 0.25) is 10.0 Å². The number of nitrogens with zero attached hydrogens (tertiary/aromatic N) is 1. The number of nitrogens with one attached hydrogen (secondary N) is 1. The van der Waals surface area contributed by atoms with Crippen LogP contribution in [0.1, 0.15) is 13.3 Å². The third-order valence-electron chi connectivity index (χ3n) is 2.89. The highest BCUT2D eigenvalue weighted by atomic mass is 32.2. The molecule has 0 spiro atoms. The molecule has 2 rings (SSSR count). The lowest BCUT2D eigenvalue weighted by atomic mass is 10.2. The summed E-state index contributed by atoms with van der Waals surface area (Å²) < 4.78 is 54.1. The van der Waals surface area contributed by atoms with Crippen molar-refractivity contribution in [2.45, 2.75) is 18.2 Å². The molecule has 0 radical (unpaired) electrons. The molecule has 23 heavy (non-hydrogen) atoms. The molecule has 0 fully saturated rings. The Balaban J connectivity index is 2.38. The second-order valence-corrected chi connectivity index (χ2v) is 8.68. The molecule has 1 heterocycles. The Kier molecular flexibility index (Phi) is 4.76. The van der Waals surface area contributed by atoms with E-state index in [2.05, 4.69) is 9.71 Å². The van der Waals surface area contributed by atoms with Crippen molar-refractivity contribution in [2.24, 2.45) is 4.99 Å². The van der Waals surface area contributed by atoms with Crippen LogP contribution in [0.15, 0.2) is 28.1 Å². The Bertz CT molecular complexity index is 872. The van der Waals surface area contributed by atoms with Gasteiger partial charge in [-0.1, -0.05) is 0 Å². The van der Waals surface area contributed by atoms with Crippen LogP contribution in [0, 0.1) is 0 Å². The van der Waals surface area contributed by atoms with Crippen LogP contribution in [0.5, 0.6) is 0 Å². The van der Waals surface area contributed by atoms with Crippen LogP contribution in [0.4, 0.5) is 11.4 Å². The number of fused-ring (bicyclic) bond motifs is 1. The number of carbonyl (C=O) groups excluding carboxylic acids is 1. The monoisotopic (exact) mass is 360 g/mol. The Morgan fingerprint density at radius 3 is 2.70 bits per heavy atom. The van der Waals surface area contributed by atoms with Gasteiger partial charge in [-0.2, -0.15) is 0 Å². The molecular formula is C13H16N2O6S2. The molecule has 0 aromatic heterocycles. The number of sulfone groups is 1. The third-order valence-corrected chi connectivity index (χ3v) is 5.20. The number of rotatable bonds is 5. The van der Waals surface area contributed by atoms with E-state index in [0.29, 0.717) is 0 Å². The Morgan fingerprint density at radius 2 is 2.09 bits per heavy atom. The fourth-order valence-corrected chi connectivity index (χ4v) is 4.16. The van der Waals surface area contributed by atoms with Gasteiger partial charge in [0.05, 0.1) is 35.6 Å². The second kappa shape index (κ2) is 6.28. The first-order valence-corrected chi connectivity index (χ1v) is 10.2. The average molecular weight is 360 g/mol. The summed E-state index contributed by atoms with van der Waals surface area (Å²) in [6.45, 7) is 1.86. The molecule has 1 aromatic rings. The van der Waals surface area contributed by atoms with Crippen molar-refractivity contribution in [3.05, 3.63) is 18.2 Å². The lowest BCUT2D eigenvalue weighted by Gasteiger charge is -2.17. The number of anilines is 1. The lowest BCUT2D eigenvalue weighted by molar-refractivity contribution is -0.141. The maximum Gasteiger partial charge on any atom is 0.311 e. The summed E-state index contributed by atoms with van der Waals surface area (Å²) in [6.07, 6.45) is 0.770. The predicted octanol–water partition coefficient (Wildman–Crippen LogP) is 0.871. The fraction of sp³-hybridized carbons (Fsp3) is 0.385. The van der Waals surface area contributed by atoms with Gasteiger partial charge in [-0.25, -0.2) is 16.8 Å². The average Bonchev–Trinajstić information content (AvgIpc) is 2.37. The van der Waals surface area contributed by atoms with Crippen molar-refractivity contribution < 1.29 is 26.4 Å². The van der Waals surface area contributed by atoms with Crippen molar-refractivity contribution in [3.8, 4) is 0 Å². The van der Waals surface area contributed by atoms with Crippen LogP contribution in [0.25, 0.3) is 0 Å². The second-order valence-electron chi connectivity index (χ2n) is 4.98. The molecule has 1 aliphatic rings. The lowest BCUT2D eigenvalue weighted by Crippen LogP contribution is -2.23. The van der Waals surface area contributed by atoms with Gasteiger partial charge >= 0.3 is 5.97 Å². The third kappa shape index (κ3) is 4.52. The molecule has 0 amide bonds. The highest BCUT2D eigenvalue weighted by Gasteiger charge is 2.28. The Morgan fingerprint density at radius 1 is 1.39 bits per heavy atom. The van der Waals surface area contributed by atoms with Crippen LogP contribution in [0.2, 0.25) is 0 Å². The van der Waals surface area contributed by atoms with E-state index in [1.165, 1.54) is 18.2 Å². The van der Waals surface area contributed by atoms with Gasteiger partial charge in [-0.15, -0.1) is 0 Å². The minimum absolute atomic E-state index is 0.0706. The van der Waals surface area contributed by atoms with E-state index >= 15 is 0 Å². The smallest absolute Gasteiger partial charge is 0.311 e. The van der Waals surface area contributed by atoms with Crippen molar-refractivity contribution in [3.63, 3.8) is 0 Å². The summed E-state index contributed by atoms with van der Waals surface area (Å²) >= 11 is 0. The number of benzene rings is 1. The zero-order chi connectivity index (χ0) is 17.3. The van der Waals surface area contributed by atoms with E-state index in [1.807, 2.05) is 0 Å². The number of esters is 1. The fourth-order valence-electron chi connectivity index (χ4n) is 2.10. The topological polar surface area (TPSA) is 119 Å². The van der Waals surface area contributed by atoms with Crippen molar-refractivity contribution in [1.29, 1.82) is 0 Å². The van der Waals surface area contributed by atoms with Gasteiger partial charge in [0.15, 0.2) is 9.84 Å². The van der Waals surface area contributed by atoms with E-state index in [-0.39, 0.29) is 35.0 Å². The summed E-state index contributed by atoms with van der Waals surface area (Å²) in [5, 5.41) is 0. The highest BCUT2D eigenvalue weighted by Crippen LogP contribution is 2.32. The van der Waals surface area contributed by atoms with Gasteiger partial charge in [0, 0.05) is 11.4 Å². The van der Waals surface area contributed by atoms with Crippen molar-refractivity contribution in [1.82, 2.24) is 0 Å². The molecule has 0 saturated heterocycles. The SMILES string of the molecule is CCOC(=O)CC1=Nc2ccc(NS(C)(=O)=O)cc2S(=O)(=O)C1. The minimum Gasteiger partial charge on any atom is -0.466 e. The highest BCUT2D eigenvalue weighted by molar-refractivity contribution is 7.92. The molecule has 10 heteroatoms. The molecule has 1 aromatic carbocycles. The maximum atomic E-state index is 12.3. The first-order valence-electron chi connectivity index (χ1n) is 6.67. The number of hydrogen-bond donors (Lipinski definition) is 1. The largest absolute Gasteiger partial charge is 0.466 e. The first kappa shape index (κ1) is 17.4. The Hall–Kier alpha value is -1.94. The van der Waals surface area contributed by atoms with E-state index in [4.69, 9.17) is 4.74 Å². The molecule has 8 nitrogen and oxygen atoms in total. The molecule has 0 aliphatic carbocycles. The molecule has 126 valence electrons. The van der Waals surface area contributed by atoms with Gasteiger partial charge < -0.3 is 4.74 Å². The van der Waals surface area contributed by atoms with Crippen LogP contribution in [-0.2, 0) is 29.4 Å². The maximum absolute atomic E-state index is 12.3. The molecule has 0 bridgehead atoms. The van der Waals surface area contributed by atoms with Gasteiger partial charge in [0.25, 0.3) is 0 Å². The Labute approximate surface area is 134 Å². The molecule has 0 saturated carbocycles. The summed E-state index contributed by atoms with van der Waals surface area (Å²) in [5.41, 5.74) is 0.508. The first-order chi connectivity index (χ1) is 10.6. The molecule has 0 atom stereocenters. The molecule has 0 unspecified atom stereocenters. The van der Waals surface area contributed by atoms with Crippen LogP contribution in [-0.4, -0.2) is 47.1 Å². The summed E-state index contributed by atoms with van der Waals surface area (Å²) in [4.78, 5) is 15.6. The number of aliphatic imine (C=N–C) groups is 1. The number of carbonyl (C=O) groups is 1. The van der Waals surface area contributed by atoms with E-state index in [1.54, 1.807) is 6.92 Å². The van der Waals surface area contributed by atoms with E-state index in [0.717, 1.165) is 6.26 Å². The molecule has 1 aliphatic heterocycles. The van der Waals surface area contributed by atoms with Crippen LogP contribution >= 0.6 is 0 Å². The van der Waals surface area contributed by atoms with Crippen molar-refractivity contribution >= 4 is 42.9 Å². The summed E-state index contributed by atoms with van der Waals surface area (Å²) in [6, 6.07) is 4.02. The van der Waals surface area contributed by atoms with Gasteiger partial charge in [0.1, 0.15) is 0 Å². The standard InChI is InChI=1S/C13H16N2O6S2/c1-3-21-13(16)7-10-8-23(19,20)12-6-9(15-22(2,17)18)4-5-11(12)14-10/h4-6,15H,3,7-8H2,1-2H3. The van der Waals surface area contributed by atoms with E-state index < -0.39 is 31.6 Å². The van der Waals surface area contributed by atoms with Gasteiger partial charge in [-0.3, -0.25) is 14.5 Å². The zero-order valence-corrected chi connectivity index (χ0v) is 14.2. The summed E-state index contributed by atoms with van der Waals surface area (Å²) in [5.74, 6) is -0.943. The van der Waals surface area contributed by atoms with Crippen molar-refractivity contribution in [2.75, 3.05) is 23.3 Å². The van der Waals surface area contributed by atoms with Crippen LogP contribution in [0.3, 0.4) is 0 Å². The molecule has 1 N–H and O–H groups in total. The van der Waals surface area contributed by atoms with Crippen LogP contribution < -0.4 is 4.72 Å².